The van der Waals surface area contributed by atoms with E-state index in [0.29, 0.717) is 55.0 Å². The molecule has 8 nitrogen and oxygen atoms in total. The molecule has 2 N–H and O–H groups in total. The van der Waals surface area contributed by atoms with Crippen molar-refractivity contribution < 1.29 is 24.2 Å². The number of aromatic nitrogens is 1. The Labute approximate surface area is 178 Å². The van der Waals surface area contributed by atoms with Crippen LogP contribution in [0.3, 0.4) is 0 Å². The molecule has 0 radical (unpaired) electrons. The maximum absolute atomic E-state index is 13.0. The van der Waals surface area contributed by atoms with Crippen LogP contribution in [0.4, 0.5) is 0 Å². The second-order valence-electron chi connectivity index (χ2n) is 8.38. The van der Waals surface area contributed by atoms with Crippen LogP contribution in [0, 0.1) is 0 Å². The van der Waals surface area contributed by atoms with Crippen LogP contribution in [0.15, 0.2) is 46.9 Å². The molecule has 5 rings (SSSR count). The standard InChI is InChI=1S/C23H23N3O5/c1-14-13-25(10-11-26(14)22(29)23(30)8-9-23)21(28)16-4-2-15(3-5-16)20-24-18-7-6-17(27)12-19(18)31-20/h2-7,12,14,27,30H,8-11,13H2,1H3/t14-/m0/s1. The van der Waals surface area contributed by atoms with Gasteiger partial charge in [0.05, 0.1) is 0 Å². The summed E-state index contributed by atoms with van der Waals surface area (Å²) in [7, 11) is 0. The smallest absolute Gasteiger partial charge is 0.254 e. The fraction of sp³-hybridized carbons (Fsp3) is 0.348. The normalized spacial score (nSPS) is 20.1. The lowest BCUT2D eigenvalue weighted by molar-refractivity contribution is -0.146. The molecule has 1 saturated carbocycles. The molecule has 1 aromatic heterocycles. The van der Waals surface area contributed by atoms with E-state index in [1.54, 1.807) is 46.2 Å². The number of fused-ring (bicyclic) bond motifs is 1. The van der Waals surface area contributed by atoms with Crippen LogP contribution in [0.1, 0.15) is 30.1 Å². The molecule has 1 aliphatic carbocycles. The number of carbonyl (C=O) groups is 2. The van der Waals surface area contributed by atoms with E-state index in [9.17, 15) is 19.8 Å². The first-order valence-electron chi connectivity index (χ1n) is 10.4. The Kier molecular flexibility index (Phi) is 4.48. The molecule has 2 aliphatic rings. The summed E-state index contributed by atoms with van der Waals surface area (Å²) >= 11 is 0. The zero-order chi connectivity index (χ0) is 21.8. The van der Waals surface area contributed by atoms with Crippen molar-refractivity contribution in [2.45, 2.75) is 31.4 Å². The predicted molar refractivity (Wildman–Crippen MR) is 112 cm³/mol. The maximum Gasteiger partial charge on any atom is 0.254 e. The Morgan fingerprint density at radius 2 is 1.87 bits per heavy atom. The quantitative estimate of drug-likeness (QED) is 0.673. The first-order valence-corrected chi connectivity index (χ1v) is 10.4. The molecule has 2 aromatic carbocycles. The number of rotatable bonds is 3. The number of aromatic hydroxyl groups is 1. The van der Waals surface area contributed by atoms with Gasteiger partial charge in [0.1, 0.15) is 16.9 Å². The number of hydrogen-bond donors (Lipinski definition) is 2. The van der Waals surface area contributed by atoms with Crippen molar-refractivity contribution in [1.29, 1.82) is 0 Å². The summed E-state index contributed by atoms with van der Waals surface area (Å²) in [4.78, 5) is 33.2. The number of phenolic OH excluding ortho intramolecular Hbond substituents is 1. The number of amides is 2. The highest BCUT2D eigenvalue weighted by molar-refractivity contribution is 5.95. The first kappa shape index (κ1) is 19.6. The lowest BCUT2D eigenvalue weighted by Crippen LogP contribution is -2.57. The average Bonchev–Trinajstić information content (AvgIpc) is 3.38. The molecule has 31 heavy (non-hydrogen) atoms. The number of oxazole rings is 1. The number of phenols is 1. The molecule has 0 bridgehead atoms. The summed E-state index contributed by atoms with van der Waals surface area (Å²) in [5, 5.41) is 19.7. The van der Waals surface area contributed by atoms with Crippen LogP contribution in [0.25, 0.3) is 22.6 Å². The van der Waals surface area contributed by atoms with E-state index in [-0.39, 0.29) is 23.6 Å². The topological polar surface area (TPSA) is 107 Å². The highest BCUT2D eigenvalue weighted by atomic mass is 16.3. The zero-order valence-corrected chi connectivity index (χ0v) is 17.1. The summed E-state index contributed by atoms with van der Waals surface area (Å²) in [5.41, 5.74) is 1.23. The number of aliphatic hydroxyl groups is 1. The number of benzene rings is 2. The van der Waals surface area contributed by atoms with Gasteiger partial charge >= 0.3 is 0 Å². The summed E-state index contributed by atoms with van der Waals surface area (Å²) in [5.74, 6) is 0.207. The van der Waals surface area contributed by atoms with Gasteiger partial charge in [-0.2, -0.15) is 0 Å². The van der Waals surface area contributed by atoms with Gasteiger partial charge in [-0.25, -0.2) is 4.98 Å². The molecule has 2 heterocycles. The Morgan fingerprint density at radius 3 is 2.55 bits per heavy atom. The zero-order valence-electron chi connectivity index (χ0n) is 17.1. The third-order valence-corrected chi connectivity index (χ3v) is 6.05. The third kappa shape index (κ3) is 3.53. The predicted octanol–water partition coefficient (Wildman–Crippen LogP) is 2.40. The van der Waals surface area contributed by atoms with Gasteiger partial charge in [0.15, 0.2) is 5.58 Å². The molecule has 3 aromatic rings. The van der Waals surface area contributed by atoms with E-state index in [4.69, 9.17) is 4.42 Å². The minimum Gasteiger partial charge on any atom is -0.508 e. The van der Waals surface area contributed by atoms with Crippen molar-refractivity contribution in [1.82, 2.24) is 14.8 Å². The molecular formula is C23H23N3O5. The van der Waals surface area contributed by atoms with Gasteiger partial charge in [-0.3, -0.25) is 9.59 Å². The summed E-state index contributed by atoms with van der Waals surface area (Å²) < 4.78 is 5.71. The number of hydrogen-bond acceptors (Lipinski definition) is 6. The molecule has 8 heteroatoms. The Bertz CT molecular complexity index is 1170. The van der Waals surface area contributed by atoms with Crippen LogP contribution in [0.5, 0.6) is 5.75 Å². The molecular weight excluding hydrogens is 398 g/mol. The van der Waals surface area contributed by atoms with E-state index in [1.165, 1.54) is 6.07 Å². The Balaban J connectivity index is 1.28. The molecule has 1 saturated heterocycles. The number of piperazine rings is 1. The van der Waals surface area contributed by atoms with Crippen LogP contribution < -0.4 is 0 Å². The molecule has 0 unspecified atom stereocenters. The minimum absolute atomic E-state index is 0.0990. The fourth-order valence-electron chi connectivity index (χ4n) is 4.02. The van der Waals surface area contributed by atoms with Crippen molar-refractivity contribution in [2.75, 3.05) is 19.6 Å². The molecule has 0 spiro atoms. The molecule has 2 amide bonds. The fourth-order valence-corrected chi connectivity index (χ4v) is 4.02. The SMILES string of the molecule is C[C@H]1CN(C(=O)c2ccc(-c3nc4ccc(O)cc4o3)cc2)CCN1C(=O)C1(O)CC1. The van der Waals surface area contributed by atoms with Crippen LogP contribution >= 0.6 is 0 Å². The van der Waals surface area contributed by atoms with Crippen molar-refractivity contribution in [3.63, 3.8) is 0 Å². The van der Waals surface area contributed by atoms with Gasteiger partial charge in [0.25, 0.3) is 11.8 Å². The molecule has 160 valence electrons. The van der Waals surface area contributed by atoms with Crippen LogP contribution in [-0.2, 0) is 4.79 Å². The molecule has 1 atom stereocenters. The third-order valence-electron chi connectivity index (χ3n) is 6.05. The number of nitrogens with zero attached hydrogens (tertiary/aromatic N) is 3. The van der Waals surface area contributed by atoms with Crippen LogP contribution in [0.2, 0.25) is 0 Å². The first-order chi connectivity index (χ1) is 14.8. The second-order valence-corrected chi connectivity index (χ2v) is 8.38. The monoisotopic (exact) mass is 421 g/mol. The van der Waals surface area contributed by atoms with Gasteiger partial charge in [-0.1, -0.05) is 0 Å². The van der Waals surface area contributed by atoms with E-state index < -0.39 is 5.60 Å². The van der Waals surface area contributed by atoms with Crippen molar-refractivity contribution in [2.24, 2.45) is 0 Å². The van der Waals surface area contributed by atoms with Gasteiger partial charge < -0.3 is 24.4 Å². The minimum atomic E-state index is -1.18. The summed E-state index contributed by atoms with van der Waals surface area (Å²) in [6.45, 7) is 3.18. The van der Waals surface area contributed by atoms with Crippen molar-refractivity contribution in [3.8, 4) is 17.2 Å². The van der Waals surface area contributed by atoms with E-state index in [1.807, 2.05) is 6.92 Å². The Hall–Kier alpha value is -3.39. The summed E-state index contributed by atoms with van der Waals surface area (Å²) in [6.07, 6.45) is 1.04. The maximum atomic E-state index is 13.0. The molecule has 1 aliphatic heterocycles. The second kappa shape index (κ2) is 7.09. The Morgan fingerprint density at radius 1 is 1.13 bits per heavy atom. The largest absolute Gasteiger partial charge is 0.508 e. The van der Waals surface area contributed by atoms with E-state index in [0.717, 1.165) is 5.56 Å². The van der Waals surface area contributed by atoms with Crippen molar-refractivity contribution in [3.05, 3.63) is 48.0 Å². The summed E-state index contributed by atoms with van der Waals surface area (Å²) in [6, 6.07) is 11.6. The van der Waals surface area contributed by atoms with Gasteiger partial charge in [0, 0.05) is 42.9 Å². The van der Waals surface area contributed by atoms with Crippen molar-refractivity contribution >= 4 is 22.9 Å². The van der Waals surface area contributed by atoms with Gasteiger partial charge in [-0.05, 0) is 56.2 Å². The molecule has 2 fully saturated rings. The lowest BCUT2D eigenvalue weighted by Gasteiger charge is -2.40. The highest BCUT2D eigenvalue weighted by Gasteiger charge is 2.51. The average molecular weight is 421 g/mol. The number of carbonyl (C=O) groups excluding carboxylic acids is 2. The lowest BCUT2D eigenvalue weighted by atomic mass is 10.1. The van der Waals surface area contributed by atoms with Gasteiger partial charge in [-0.15, -0.1) is 0 Å². The van der Waals surface area contributed by atoms with Crippen LogP contribution in [-0.4, -0.2) is 68.1 Å². The van der Waals surface area contributed by atoms with E-state index in [2.05, 4.69) is 4.98 Å². The van der Waals surface area contributed by atoms with E-state index >= 15 is 0 Å². The highest BCUT2D eigenvalue weighted by Crippen LogP contribution is 2.37. The van der Waals surface area contributed by atoms with Gasteiger partial charge in [0.2, 0.25) is 5.89 Å².